The van der Waals surface area contributed by atoms with Gasteiger partial charge in [-0.25, -0.2) is 12.8 Å². The van der Waals surface area contributed by atoms with Crippen molar-refractivity contribution in [2.75, 3.05) is 12.4 Å². The summed E-state index contributed by atoms with van der Waals surface area (Å²) >= 11 is 0. The van der Waals surface area contributed by atoms with E-state index in [1.165, 1.54) is 42.5 Å². The number of rotatable bonds is 5. The van der Waals surface area contributed by atoms with Crippen molar-refractivity contribution in [2.45, 2.75) is 4.90 Å². The average Bonchev–Trinajstić information content (AvgIpc) is 2.47. The molecule has 0 radical (unpaired) electrons. The highest BCUT2D eigenvalue weighted by Gasteiger charge is 2.14. The molecule has 21 heavy (non-hydrogen) atoms. The van der Waals surface area contributed by atoms with Crippen molar-refractivity contribution in [3.05, 3.63) is 59.9 Å². The van der Waals surface area contributed by atoms with Crippen molar-refractivity contribution in [1.82, 2.24) is 0 Å². The highest BCUT2D eigenvalue weighted by molar-refractivity contribution is 7.91. The summed E-state index contributed by atoms with van der Waals surface area (Å²) in [5.74, 6) is -0.387. The van der Waals surface area contributed by atoms with Crippen LogP contribution in [0.15, 0.2) is 53.4 Å². The fourth-order valence-corrected chi connectivity index (χ4v) is 2.77. The Morgan fingerprint density at radius 3 is 2.48 bits per heavy atom. The zero-order valence-corrected chi connectivity index (χ0v) is 11.8. The lowest BCUT2D eigenvalue weighted by Gasteiger charge is -2.07. The molecule has 2 aromatic rings. The van der Waals surface area contributed by atoms with Crippen LogP contribution in [0.25, 0.3) is 0 Å². The van der Waals surface area contributed by atoms with Gasteiger partial charge in [-0.15, -0.1) is 0 Å². The molecule has 0 spiro atoms. The van der Waals surface area contributed by atoms with E-state index < -0.39 is 15.7 Å². The van der Waals surface area contributed by atoms with Gasteiger partial charge >= 0.3 is 0 Å². The Balaban J connectivity index is 1.99. The molecule has 0 N–H and O–H groups in total. The Bertz CT molecular complexity index is 764. The lowest BCUT2D eigenvalue weighted by Crippen LogP contribution is -2.14. The van der Waals surface area contributed by atoms with Gasteiger partial charge in [0.1, 0.15) is 18.2 Å². The molecule has 0 atom stereocenters. The lowest BCUT2D eigenvalue weighted by molar-refractivity contribution is 0.339. The largest absolute Gasteiger partial charge is 0.492 e. The number of sulfone groups is 1. The number of nitrogens with zero attached hydrogens (tertiary/aromatic N) is 1. The van der Waals surface area contributed by atoms with Crippen LogP contribution < -0.4 is 4.74 Å². The lowest BCUT2D eigenvalue weighted by atomic mass is 10.2. The third-order valence-corrected chi connectivity index (χ3v) is 4.45. The molecule has 0 aliphatic carbocycles. The predicted octanol–water partition coefficient (Wildman–Crippen LogP) is 2.55. The summed E-state index contributed by atoms with van der Waals surface area (Å²) in [4.78, 5) is 0.129. The molecular weight excluding hydrogens is 293 g/mol. The van der Waals surface area contributed by atoms with Gasteiger partial charge in [0, 0.05) is 6.07 Å². The molecule has 0 unspecified atom stereocenters. The molecule has 0 bridgehead atoms. The number of benzene rings is 2. The van der Waals surface area contributed by atoms with Gasteiger partial charge in [0.2, 0.25) is 0 Å². The molecule has 0 saturated carbocycles. The third kappa shape index (κ3) is 4.04. The van der Waals surface area contributed by atoms with Crippen LogP contribution in [0.5, 0.6) is 5.75 Å². The topological polar surface area (TPSA) is 67.2 Å². The quantitative estimate of drug-likeness (QED) is 0.851. The van der Waals surface area contributed by atoms with Crippen molar-refractivity contribution in [1.29, 1.82) is 5.26 Å². The molecule has 0 heterocycles. The summed E-state index contributed by atoms with van der Waals surface area (Å²) < 4.78 is 42.3. The molecule has 2 aromatic carbocycles. The summed E-state index contributed by atoms with van der Waals surface area (Å²) in [5.41, 5.74) is 0.393. The van der Waals surface area contributed by atoms with Gasteiger partial charge in [-0.3, -0.25) is 0 Å². The van der Waals surface area contributed by atoms with Crippen molar-refractivity contribution in [3.63, 3.8) is 0 Å². The molecule has 0 aromatic heterocycles. The maximum atomic E-state index is 12.9. The first kappa shape index (κ1) is 15.0. The van der Waals surface area contributed by atoms with Crippen LogP contribution in [-0.2, 0) is 9.84 Å². The molecule has 2 rings (SSSR count). The SMILES string of the molecule is N#Cc1ccc(S(=O)(=O)CCOc2cccc(F)c2)cc1. The Hall–Kier alpha value is -2.39. The maximum absolute atomic E-state index is 12.9. The van der Waals surface area contributed by atoms with Crippen LogP contribution in [0.4, 0.5) is 4.39 Å². The molecular formula is C15H12FNO3S. The number of hydrogen-bond donors (Lipinski definition) is 0. The first-order chi connectivity index (χ1) is 10.0. The molecule has 0 aliphatic heterocycles. The zero-order valence-electron chi connectivity index (χ0n) is 11.0. The van der Waals surface area contributed by atoms with Gasteiger partial charge in [-0.2, -0.15) is 5.26 Å². The minimum atomic E-state index is -3.49. The molecule has 0 fully saturated rings. The van der Waals surface area contributed by atoms with E-state index in [-0.39, 0.29) is 23.0 Å². The van der Waals surface area contributed by atoms with Gasteiger partial charge in [0.25, 0.3) is 0 Å². The zero-order chi connectivity index (χ0) is 15.3. The van der Waals surface area contributed by atoms with Gasteiger partial charge in [0.05, 0.1) is 22.3 Å². The van der Waals surface area contributed by atoms with Crippen LogP contribution in [-0.4, -0.2) is 20.8 Å². The summed E-state index contributed by atoms with van der Waals surface area (Å²) in [6.45, 7) is -0.0776. The Morgan fingerprint density at radius 2 is 1.86 bits per heavy atom. The van der Waals surface area contributed by atoms with E-state index >= 15 is 0 Å². The first-order valence-corrected chi connectivity index (χ1v) is 7.78. The summed E-state index contributed by atoms with van der Waals surface area (Å²) in [5, 5.41) is 8.67. The highest BCUT2D eigenvalue weighted by Crippen LogP contribution is 2.14. The van der Waals surface area contributed by atoms with Crippen LogP contribution in [0, 0.1) is 17.1 Å². The smallest absolute Gasteiger partial charge is 0.181 e. The normalized spacial score (nSPS) is 10.9. The van der Waals surface area contributed by atoms with Crippen molar-refractivity contribution >= 4 is 9.84 Å². The Labute approximate surface area is 122 Å². The van der Waals surface area contributed by atoms with Crippen molar-refractivity contribution in [3.8, 4) is 11.8 Å². The van der Waals surface area contributed by atoms with Crippen LogP contribution in [0.3, 0.4) is 0 Å². The Morgan fingerprint density at radius 1 is 1.14 bits per heavy atom. The van der Waals surface area contributed by atoms with Crippen LogP contribution in [0.1, 0.15) is 5.56 Å². The summed E-state index contributed by atoms with van der Waals surface area (Å²) in [7, 11) is -3.49. The van der Waals surface area contributed by atoms with Gasteiger partial charge in [-0.1, -0.05) is 6.07 Å². The number of halogens is 1. The number of nitriles is 1. The van der Waals surface area contributed by atoms with Crippen LogP contribution in [0.2, 0.25) is 0 Å². The van der Waals surface area contributed by atoms with Crippen molar-refractivity contribution < 1.29 is 17.5 Å². The highest BCUT2D eigenvalue weighted by atomic mass is 32.2. The summed E-state index contributed by atoms with van der Waals surface area (Å²) in [6, 6.07) is 13.1. The fraction of sp³-hybridized carbons (Fsp3) is 0.133. The molecule has 6 heteroatoms. The van der Waals surface area contributed by atoms with E-state index in [4.69, 9.17) is 10.00 Å². The average molecular weight is 305 g/mol. The van der Waals surface area contributed by atoms with E-state index in [1.807, 2.05) is 6.07 Å². The molecule has 4 nitrogen and oxygen atoms in total. The minimum Gasteiger partial charge on any atom is -0.492 e. The minimum absolute atomic E-state index is 0.0776. The van der Waals surface area contributed by atoms with Gasteiger partial charge in [0.15, 0.2) is 9.84 Å². The Kier molecular flexibility index (Phi) is 4.55. The van der Waals surface area contributed by atoms with Crippen LogP contribution >= 0.6 is 0 Å². The second-order valence-corrected chi connectivity index (χ2v) is 6.37. The van der Waals surface area contributed by atoms with E-state index in [9.17, 15) is 12.8 Å². The third-order valence-electron chi connectivity index (χ3n) is 2.76. The molecule has 108 valence electrons. The second kappa shape index (κ2) is 6.37. The second-order valence-electron chi connectivity index (χ2n) is 4.26. The fourth-order valence-electron chi connectivity index (χ4n) is 1.68. The van der Waals surface area contributed by atoms with Crippen molar-refractivity contribution in [2.24, 2.45) is 0 Å². The number of hydrogen-bond acceptors (Lipinski definition) is 4. The first-order valence-electron chi connectivity index (χ1n) is 6.12. The predicted molar refractivity (Wildman–Crippen MR) is 75.1 cm³/mol. The molecule has 0 aliphatic rings. The number of ether oxygens (including phenoxy) is 1. The monoisotopic (exact) mass is 305 g/mol. The van der Waals surface area contributed by atoms with E-state index in [0.717, 1.165) is 0 Å². The standard InChI is InChI=1S/C15H12FNO3S/c16-13-2-1-3-14(10-13)20-8-9-21(18,19)15-6-4-12(11-17)5-7-15/h1-7,10H,8-9H2. The molecule has 0 amide bonds. The van der Waals surface area contributed by atoms with Gasteiger partial charge < -0.3 is 4.74 Å². The van der Waals surface area contributed by atoms with E-state index in [2.05, 4.69) is 0 Å². The van der Waals surface area contributed by atoms with Gasteiger partial charge in [-0.05, 0) is 36.4 Å². The summed E-state index contributed by atoms with van der Waals surface area (Å²) in [6.07, 6.45) is 0. The molecule has 0 saturated heterocycles. The van der Waals surface area contributed by atoms with E-state index in [1.54, 1.807) is 6.07 Å². The maximum Gasteiger partial charge on any atom is 0.181 e. The van der Waals surface area contributed by atoms with E-state index in [0.29, 0.717) is 5.56 Å².